The fourth-order valence-electron chi connectivity index (χ4n) is 9.67. The average Bonchev–Trinajstić information content (AvgIpc) is 3.73. The molecule has 0 radical (unpaired) electrons. The van der Waals surface area contributed by atoms with Crippen molar-refractivity contribution in [2.75, 3.05) is 0 Å². The molecule has 2 aliphatic rings. The molecule has 2 aliphatic carbocycles. The Kier molecular flexibility index (Phi) is 7.41. The minimum atomic E-state index is -0.129. The van der Waals surface area contributed by atoms with Gasteiger partial charge >= 0.3 is 0 Å². The lowest BCUT2D eigenvalue weighted by atomic mass is 9.81. The standard InChI is InChI=1S/C55H40O/c1-55(2)48-30-28-39(32-46(48)47-34-45-38(33-49(47)55)29-31-51-54(45)44-24-14-15-25-50(44)56-51)53-42-22-12-10-20-40(42)52(41-21-11-13-23-43(41)53)37-19-7-4-3-6-18-36(26-27-37)35-16-8-5-9-17-35/h3-17,20-34H,18-19H2,1-2H3/b6-3-,7-4-,36-26+,37-27?. The van der Waals surface area contributed by atoms with Crippen molar-refractivity contribution in [3.05, 3.63) is 204 Å². The predicted octanol–water partition coefficient (Wildman–Crippen LogP) is 15.4. The van der Waals surface area contributed by atoms with Crippen molar-refractivity contribution in [3.63, 3.8) is 0 Å². The Morgan fingerprint density at radius 1 is 0.446 bits per heavy atom. The normalized spacial score (nSPS) is 17.1. The quantitative estimate of drug-likeness (QED) is 0.166. The van der Waals surface area contributed by atoms with E-state index in [9.17, 15) is 0 Å². The third-order valence-electron chi connectivity index (χ3n) is 12.4. The maximum atomic E-state index is 6.34. The van der Waals surface area contributed by atoms with Gasteiger partial charge in [-0.25, -0.2) is 0 Å². The molecule has 0 amide bonds. The summed E-state index contributed by atoms with van der Waals surface area (Å²) in [5, 5.41) is 9.98. The monoisotopic (exact) mass is 716 g/mol. The van der Waals surface area contributed by atoms with Crippen LogP contribution in [0.25, 0.3) is 87.7 Å². The van der Waals surface area contributed by atoms with E-state index < -0.39 is 0 Å². The van der Waals surface area contributed by atoms with Gasteiger partial charge in [0.15, 0.2) is 0 Å². The van der Waals surface area contributed by atoms with E-state index in [0.717, 1.165) is 24.0 Å². The molecular weight excluding hydrogens is 677 g/mol. The van der Waals surface area contributed by atoms with E-state index >= 15 is 0 Å². The molecule has 0 aliphatic heterocycles. The van der Waals surface area contributed by atoms with E-state index in [1.165, 1.54) is 98.7 Å². The summed E-state index contributed by atoms with van der Waals surface area (Å²) in [7, 11) is 0. The third kappa shape index (κ3) is 5.01. The summed E-state index contributed by atoms with van der Waals surface area (Å²) >= 11 is 0. The highest BCUT2D eigenvalue weighted by Gasteiger charge is 2.36. The van der Waals surface area contributed by atoms with E-state index in [1.54, 1.807) is 0 Å². The van der Waals surface area contributed by atoms with Gasteiger partial charge in [0.1, 0.15) is 11.2 Å². The van der Waals surface area contributed by atoms with Crippen LogP contribution in [-0.2, 0) is 5.41 Å². The number of hydrogen-bond acceptors (Lipinski definition) is 1. The van der Waals surface area contributed by atoms with Crippen LogP contribution in [0, 0.1) is 0 Å². The Bertz CT molecular complexity index is 3140. The summed E-state index contributed by atoms with van der Waals surface area (Å²) in [6.45, 7) is 4.76. The second kappa shape index (κ2) is 12.7. The number of para-hydroxylation sites is 1. The van der Waals surface area contributed by atoms with Crippen molar-refractivity contribution in [2.24, 2.45) is 0 Å². The summed E-state index contributed by atoms with van der Waals surface area (Å²) in [6, 6.07) is 53.8. The Labute approximate surface area is 327 Å². The van der Waals surface area contributed by atoms with Crippen LogP contribution in [-0.4, -0.2) is 0 Å². The zero-order chi connectivity index (χ0) is 37.4. The second-order valence-corrected chi connectivity index (χ2v) is 15.9. The first kappa shape index (κ1) is 32.7. The topological polar surface area (TPSA) is 13.1 Å². The summed E-state index contributed by atoms with van der Waals surface area (Å²) in [4.78, 5) is 0. The fraction of sp³-hybridized carbons (Fsp3) is 0.0909. The van der Waals surface area contributed by atoms with Crippen molar-refractivity contribution in [3.8, 4) is 22.3 Å². The predicted molar refractivity (Wildman–Crippen MR) is 239 cm³/mol. The van der Waals surface area contributed by atoms with Crippen LogP contribution >= 0.6 is 0 Å². The second-order valence-electron chi connectivity index (χ2n) is 15.9. The molecule has 1 nitrogen and oxygen atoms in total. The summed E-state index contributed by atoms with van der Waals surface area (Å²) in [5.41, 5.74) is 14.9. The number of furan rings is 1. The van der Waals surface area contributed by atoms with Crippen LogP contribution in [0.4, 0.5) is 0 Å². The lowest BCUT2D eigenvalue weighted by molar-refractivity contribution is 0.661. The van der Waals surface area contributed by atoms with Crippen molar-refractivity contribution in [1.82, 2.24) is 0 Å². The Morgan fingerprint density at radius 2 is 1.05 bits per heavy atom. The maximum absolute atomic E-state index is 6.34. The molecule has 8 aromatic carbocycles. The lowest BCUT2D eigenvalue weighted by Crippen LogP contribution is -2.14. The van der Waals surface area contributed by atoms with Crippen LogP contribution in [0.3, 0.4) is 0 Å². The molecule has 0 atom stereocenters. The van der Waals surface area contributed by atoms with Gasteiger partial charge in [-0.15, -0.1) is 0 Å². The Morgan fingerprint density at radius 3 is 1.79 bits per heavy atom. The SMILES string of the molecule is CC1(C)c2ccc(-c3c4ccccc4c(C4=C/C=C(/c5ccccc5)C/C=C\C=C/C4)c4ccccc34)cc2-c2cc3c(ccc4oc5ccccc5c43)cc21. The number of fused-ring (bicyclic) bond motifs is 10. The molecule has 11 rings (SSSR count). The van der Waals surface area contributed by atoms with Crippen molar-refractivity contribution in [2.45, 2.75) is 32.1 Å². The third-order valence-corrected chi connectivity index (χ3v) is 12.4. The molecule has 0 spiro atoms. The van der Waals surface area contributed by atoms with Gasteiger partial charge in [-0.3, -0.25) is 0 Å². The summed E-state index contributed by atoms with van der Waals surface area (Å²) < 4.78 is 6.34. The van der Waals surface area contributed by atoms with E-state index in [-0.39, 0.29) is 5.41 Å². The zero-order valence-corrected chi connectivity index (χ0v) is 31.6. The van der Waals surface area contributed by atoms with Crippen LogP contribution in [0.2, 0.25) is 0 Å². The van der Waals surface area contributed by atoms with Gasteiger partial charge in [0, 0.05) is 16.2 Å². The first-order valence-electron chi connectivity index (χ1n) is 19.8. The van der Waals surface area contributed by atoms with Crippen LogP contribution in [0.15, 0.2) is 186 Å². The molecule has 1 heteroatoms. The molecule has 0 N–H and O–H groups in total. The van der Waals surface area contributed by atoms with E-state index in [2.05, 4.69) is 196 Å². The smallest absolute Gasteiger partial charge is 0.136 e. The summed E-state index contributed by atoms with van der Waals surface area (Å²) in [5.74, 6) is 0. The van der Waals surface area contributed by atoms with E-state index in [4.69, 9.17) is 4.42 Å². The summed E-state index contributed by atoms with van der Waals surface area (Å²) in [6.07, 6.45) is 15.4. The minimum absolute atomic E-state index is 0.129. The highest BCUT2D eigenvalue weighted by Crippen LogP contribution is 2.53. The lowest BCUT2D eigenvalue weighted by Gasteiger charge is -2.22. The molecule has 1 aromatic heterocycles. The molecule has 0 saturated carbocycles. The van der Waals surface area contributed by atoms with Crippen molar-refractivity contribution < 1.29 is 4.42 Å². The van der Waals surface area contributed by atoms with Crippen LogP contribution in [0.1, 0.15) is 48.9 Å². The zero-order valence-electron chi connectivity index (χ0n) is 31.6. The Balaban J connectivity index is 1.14. The van der Waals surface area contributed by atoms with E-state index in [1.807, 2.05) is 0 Å². The molecule has 1 heterocycles. The van der Waals surface area contributed by atoms with Gasteiger partial charge in [0.05, 0.1) is 0 Å². The van der Waals surface area contributed by atoms with Gasteiger partial charge in [-0.05, 0) is 131 Å². The highest BCUT2D eigenvalue weighted by molar-refractivity contribution is 6.21. The van der Waals surface area contributed by atoms with Crippen LogP contribution < -0.4 is 0 Å². The maximum Gasteiger partial charge on any atom is 0.136 e. The molecule has 0 saturated heterocycles. The molecule has 0 fully saturated rings. The molecule has 266 valence electrons. The number of rotatable bonds is 3. The van der Waals surface area contributed by atoms with Crippen molar-refractivity contribution in [1.29, 1.82) is 0 Å². The Hall–Kier alpha value is -6.70. The number of hydrogen-bond donors (Lipinski definition) is 0. The minimum Gasteiger partial charge on any atom is -0.456 e. The van der Waals surface area contributed by atoms with Gasteiger partial charge in [-0.1, -0.05) is 166 Å². The average molecular weight is 717 g/mol. The van der Waals surface area contributed by atoms with Crippen molar-refractivity contribution >= 4 is 65.4 Å². The number of benzene rings is 8. The first-order valence-corrected chi connectivity index (χ1v) is 19.8. The fourth-order valence-corrected chi connectivity index (χ4v) is 9.67. The first-order chi connectivity index (χ1) is 27.5. The van der Waals surface area contributed by atoms with Gasteiger partial charge in [0.25, 0.3) is 0 Å². The van der Waals surface area contributed by atoms with Crippen LogP contribution in [0.5, 0.6) is 0 Å². The van der Waals surface area contributed by atoms with Gasteiger partial charge in [-0.2, -0.15) is 0 Å². The molecule has 9 aromatic rings. The highest BCUT2D eigenvalue weighted by atomic mass is 16.3. The molecule has 56 heavy (non-hydrogen) atoms. The molecule has 0 bridgehead atoms. The van der Waals surface area contributed by atoms with Gasteiger partial charge in [0.2, 0.25) is 0 Å². The molecular formula is C55H40O. The van der Waals surface area contributed by atoms with Gasteiger partial charge < -0.3 is 4.42 Å². The van der Waals surface area contributed by atoms with E-state index in [0.29, 0.717) is 0 Å². The molecule has 0 unspecified atom stereocenters. The largest absolute Gasteiger partial charge is 0.456 e. The number of allylic oxidation sites excluding steroid dienone is 8.